The lowest BCUT2D eigenvalue weighted by Crippen LogP contribution is -2.21. The lowest BCUT2D eigenvalue weighted by atomic mass is 10.1. The zero-order valence-electron chi connectivity index (χ0n) is 12.3. The van der Waals surface area contributed by atoms with Crippen LogP contribution in [-0.4, -0.2) is 19.3 Å². The molecule has 0 aliphatic rings. The normalized spacial score (nSPS) is 14.5. The standard InChI is InChI=1S/C17H19ClO3S/c1-2-17(14-6-4-3-5-7-14)22(20,21)12-16(19)13-8-10-15(18)11-9-13/h3-11,16-17,19H,2,12H2,1H3. The van der Waals surface area contributed by atoms with Gasteiger partial charge in [-0.2, -0.15) is 0 Å². The zero-order valence-corrected chi connectivity index (χ0v) is 13.9. The molecule has 2 aromatic carbocycles. The summed E-state index contributed by atoms with van der Waals surface area (Å²) in [6.45, 7) is 1.84. The molecule has 2 unspecified atom stereocenters. The zero-order chi connectivity index (χ0) is 16.2. The van der Waals surface area contributed by atoms with Crippen LogP contribution in [0.5, 0.6) is 0 Å². The molecular weight excluding hydrogens is 320 g/mol. The van der Waals surface area contributed by atoms with Crippen LogP contribution in [0.1, 0.15) is 35.8 Å². The molecule has 22 heavy (non-hydrogen) atoms. The molecule has 0 bridgehead atoms. The maximum Gasteiger partial charge on any atom is 0.160 e. The van der Waals surface area contributed by atoms with Gasteiger partial charge in [-0.25, -0.2) is 8.42 Å². The third-order valence-electron chi connectivity index (χ3n) is 3.62. The molecule has 0 saturated carbocycles. The molecule has 5 heteroatoms. The molecule has 118 valence electrons. The Balaban J connectivity index is 2.20. The van der Waals surface area contributed by atoms with Crippen LogP contribution < -0.4 is 0 Å². The van der Waals surface area contributed by atoms with Crippen LogP contribution in [0.15, 0.2) is 54.6 Å². The Bertz CT molecular complexity index is 696. The summed E-state index contributed by atoms with van der Waals surface area (Å²) in [4.78, 5) is 0. The van der Waals surface area contributed by atoms with Crippen LogP contribution in [0.4, 0.5) is 0 Å². The first kappa shape index (κ1) is 17.0. The smallest absolute Gasteiger partial charge is 0.160 e. The number of hydrogen-bond donors (Lipinski definition) is 1. The van der Waals surface area contributed by atoms with E-state index in [1.54, 1.807) is 36.4 Å². The van der Waals surface area contributed by atoms with E-state index in [9.17, 15) is 13.5 Å². The fourth-order valence-electron chi connectivity index (χ4n) is 2.48. The fourth-order valence-corrected chi connectivity index (χ4v) is 4.55. The first-order valence-electron chi connectivity index (χ1n) is 7.14. The SMILES string of the molecule is CCC(c1ccccc1)S(=O)(=O)CC(O)c1ccc(Cl)cc1. The average molecular weight is 339 g/mol. The predicted octanol–water partition coefficient (Wildman–Crippen LogP) is 3.94. The Hall–Kier alpha value is -1.36. The van der Waals surface area contributed by atoms with Crippen LogP contribution in [0.25, 0.3) is 0 Å². The van der Waals surface area contributed by atoms with Gasteiger partial charge in [0.15, 0.2) is 9.84 Å². The molecule has 0 aliphatic carbocycles. The van der Waals surface area contributed by atoms with Crippen molar-refractivity contribution in [2.24, 2.45) is 0 Å². The van der Waals surface area contributed by atoms with Gasteiger partial charge in [0, 0.05) is 5.02 Å². The first-order valence-corrected chi connectivity index (χ1v) is 9.23. The number of rotatable bonds is 6. The highest BCUT2D eigenvalue weighted by atomic mass is 35.5. The van der Waals surface area contributed by atoms with Gasteiger partial charge in [0.1, 0.15) is 0 Å². The van der Waals surface area contributed by atoms with E-state index >= 15 is 0 Å². The van der Waals surface area contributed by atoms with Gasteiger partial charge in [0.25, 0.3) is 0 Å². The summed E-state index contributed by atoms with van der Waals surface area (Å²) in [5.74, 6) is -0.304. The molecule has 0 saturated heterocycles. The summed E-state index contributed by atoms with van der Waals surface area (Å²) in [5.41, 5.74) is 1.31. The Morgan fingerprint density at radius 1 is 1.00 bits per heavy atom. The van der Waals surface area contributed by atoms with E-state index in [-0.39, 0.29) is 5.75 Å². The van der Waals surface area contributed by atoms with E-state index in [1.807, 2.05) is 25.1 Å². The van der Waals surface area contributed by atoms with E-state index < -0.39 is 21.2 Å². The van der Waals surface area contributed by atoms with Crippen molar-refractivity contribution < 1.29 is 13.5 Å². The topological polar surface area (TPSA) is 54.4 Å². The molecule has 1 N–H and O–H groups in total. The molecular formula is C17H19ClO3S. The largest absolute Gasteiger partial charge is 0.387 e. The van der Waals surface area contributed by atoms with Crippen molar-refractivity contribution in [1.29, 1.82) is 0 Å². The molecule has 2 rings (SSSR count). The monoisotopic (exact) mass is 338 g/mol. The quantitative estimate of drug-likeness (QED) is 0.868. The molecule has 3 nitrogen and oxygen atoms in total. The second kappa shape index (κ2) is 7.27. The number of aliphatic hydroxyl groups is 1. The van der Waals surface area contributed by atoms with Gasteiger partial charge >= 0.3 is 0 Å². The number of aliphatic hydroxyl groups excluding tert-OH is 1. The Morgan fingerprint density at radius 2 is 1.59 bits per heavy atom. The van der Waals surface area contributed by atoms with Gasteiger partial charge in [-0.3, -0.25) is 0 Å². The van der Waals surface area contributed by atoms with E-state index in [2.05, 4.69) is 0 Å². The average Bonchev–Trinajstić information content (AvgIpc) is 2.49. The molecule has 0 heterocycles. The highest BCUT2D eigenvalue weighted by Gasteiger charge is 2.28. The van der Waals surface area contributed by atoms with Gasteiger partial charge in [-0.05, 0) is 29.7 Å². The van der Waals surface area contributed by atoms with Gasteiger partial charge in [-0.1, -0.05) is 61.0 Å². The summed E-state index contributed by atoms with van der Waals surface area (Å²) < 4.78 is 25.3. The molecule has 2 aromatic rings. The van der Waals surface area contributed by atoms with Crippen molar-refractivity contribution >= 4 is 21.4 Å². The van der Waals surface area contributed by atoms with Crippen molar-refractivity contribution in [3.8, 4) is 0 Å². The van der Waals surface area contributed by atoms with Crippen molar-refractivity contribution in [1.82, 2.24) is 0 Å². The minimum absolute atomic E-state index is 0.304. The second-order valence-electron chi connectivity index (χ2n) is 5.20. The number of sulfone groups is 1. The Labute approximate surface area is 136 Å². The van der Waals surface area contributed by atoms with E-state index in [0.717, 1.165) is 5.56 Å². The molecule has 0 spiro atoms. The van der Waals surface area contributed by atoms with E-state index in [1.165, 1.54) is 0 Å². The second-order valence-corrected chi connectivity index (χ2v) is 7.87. The molecule has 0 aromatic heterocycles. The molecule has 0 amide bonds. The first-order chi connectivity index (χ1) is 10.4. The lowest BCUT2D eigenvalue weighted by molar-refractivity contribution is 0.201. The number of benzene rings is 2. The molecule has 0 fully saturated rings. The summed E-state index contributed by atoms with van der Waals surface area (Å²) in [5, 5.41) is 10.2. The summed E-state index contributed by atoms with van der Waals surface area (Å²) in [6.07, 6.45) is -0.584. The Kier molecular flexibility index (Phi) is 5.62. The number of halogens is 1. The summed E-state index contributed by atoms with van der Waals surface area (Å²) in [7, 11) is -3.47. The summed E-state index contributed by atoms with van der Waals surface area (Å²) >= 11 is 5.80. The highest BCUT2D eigenvalue weighted by molar-refractivity contribution is 7.91. The van der Waals surface area contributed by atoms with Crippen molar-refractivity contribution in [3.63, 3.8) is 0 Å². The minimum Gasteiger partial charge on any atom is -0.387 e. The van der Waals surface area contributed by atoms with E-state index in [0.29, 0.717) is 17.0 Å². The van der Waals surface area contributed by atoms with Crippen LogP contribution in [-0.2, 0) is 9.84 Å². The van der Waals surface area contributed by atoms with Gasteiger partial charge in [0.05, 0.1) is 17.1 Å². The van der Waals surface area contributed by atoms with Crippen LogP contribution in [0.2, 0.25) is 5.02 Å². The maximum atomic E-state index is 12.6. The van der Waals surface area contributed by atoms with Gasteiger partial charge < -0.3 is 5.11 Å². The van der Waals surface area contributed by atoms with Crippen LogP contribution >= 0.6 is 11.6 Å². The van der Waals surface area contributed by atoms with Crippen molar-refractivity contribution in [3.05, 3.63) is 70.7 Å². The maximum absolute atomic E-state index is 12.6. The predicted molar refractivity (Wildman–Crippen MR) is 89.7 cm³/mol. The third kappa shape index (κ3) is 4.09. The third-order valence-corrected chi connectivity index (χ3v) is 6.13. The fraction of sp³-hybridized carbons (Fsp3) is 0.294. The number of hydrogen-bond acceptors (Lipinski definition) is 3. The highest BCUT2D eigenvalue weighted by Crippen LogP contribution is 2.29. The van der Waals surface area contributed by atoms with Crippen molar-refractivity contribution in [2.45, 2.75) is 24.7 Å². The molecule has 0 aliphatic heterocycles. The minimum atomic E-state index is -3.47. The summed E-state index contributed by atoms with van der Waals surface area (Å²) in [6, 6.07) is 15.7. The molecule has 2 atom stereocenters. The Morgan fingerprint density at radius 3 is 2.14 bits per heavy atom. The molecule has 0 radical (unpaired) electrons. The van der Waals surface area contributed by atoms with E-state index in [4.69, 9.17) is 11.6 Å². The van der Waals surface area contributed by atoms with Gasteiger partial charge in [-0.15, -0.1) is 0 Å². The van der Waals surface area contributed by atoms with Crippen LogP contribution in [0.3, 0.4) is 0 Å². The van der Waals surface area contributed by atoms with Gasteiger partial charge in [0.2, 0.25) is 0 Å². The van der Waals surface area contributed by atoms with Crippen LogP contribution in [0, 0.1) is 0 Å². The van der Waals surface area contributed by atoms with Crippen molar-refractivity contribution in [2.75, 3.05) is 5.75 Å². The lowest BCUT2D eigenvalue weighted by Gasteiger charge is -2.19.